The van der Waals surface area contributed by atoms with E-state index >= 15 is 0 Å². The second-order valence-electron chi connectivity index (χ2n) is 2.62. The van der Waals surface area contributed by atoms with E-state index in [4.69, 9.17) is 0 Å². The van der Waals surface area contributed by atoms with Crippen molar-refractivity contribution in [2.75, 3.05) is 5.32 Å². The van der Waals surface area contributed by atoms with E-state index in [2.05, 4.69) is 41.4 Å². The molecule has 0 radical (unpaired) electrons. The first-order chi connectivity index (χ1) is 6.86. The van der Waals surface area contributed by atoms with Gasteiger partial charge in [-0.05, 0) is 28.1 Å². The molecule has 0 aromatic carbocycles. The fraction of sp³-hybridized carbons (Fsp3) is 0.125. The van der Waals surface area contributed by atoms with Crippen LogP contribution in [0.2, 0.25) is 0 Å². The van der Waals surface area contributed by atoms with E-state index in [9.17, 15) is 0 Å². The summed E-state index contributed by atoms with van der Waals surface area (Å²) in [6.45, 7) is 0.579. The largest absolute Gasteiger partial charge is 0.362 e. The summed E-state index contributed by atoms with van der Waals surface area (Å²) in [6, 6.07) is 3.79. The van der Waals surface area contributed by atoms with Crippen molar-refractivity contribution in [2.45, 2.75) is 6.54 Å². The molecule has 0 spiro atoms. The first-order valence-corrected chi connectivity index (χ1v) is 4.84. The minimum absolute atomic E-state index is 0.579. The van der Waals surface area contributed by atoms with Crippen LogP contribution < -0.4 is 5.32 Å². The van der Waals surface area contributed by atoms with Crippen LogP contribution in [0.1, 0.15) is 5.82 Å². The average Bonchev–Trinajstić information content (AvgIpc) is 2.69. The number of rotatable bonds is 3. The molecule has 2 N–H and O–H groups in total. The van der Waals surface area contributed by atoms with E-state index in [0.717, 1.165) is 16.1 Å². The molecule has 0 atom stereocenters. The lowest BCUT2D eigenvalue weighted by molar-refractivity contribution is 0.946. The van der Waals surface area contributed by atoms with E-state index in [1.165, 1.54) is 6.33 Å². The van der Waals surface area contributed by atoms with Gasteiger partial charge in [0.05, 0.1) is 11.0 Å². The molecular weight excluding hydrogens is 246 g/mol. The first-order valence-electron chi connectivity index (χ1n) is 4.05. The average molecular weight is 254 g/mol. The van der Waals surface area contributed by atoms with Gasteiger partial charge >= 0.3 is 0 Å². The number of aromatic amines is 1. The molecule has 0 aliphatic rings. The van der Waals surface area contributed by atoms with Crippen molar-refractivity contribution < 1.29 is 0 Å². The Morgan fingerprint density at radius 1 is 1.43 bits per heavy atom. The molecule has 0 fully saturated rings. The van der Waals surface area contributed by atoms with E-state index in [0.29, 0.717) is 6.54 Å². The Morgan fingerprint density at radius 3 is 3.07 bits per heavy atom. The Labute approximate surface area is 89.1 Å². The van der Waals surface area contributed by atoms with Gasteiger partial charge in [-0.1, -0.05) is 0 Å². The molecule has 0 amide bonds. The lowest BCUT2D eigenvalue weighted by atomic mass is 10.4. The van der Waals surface area contributed by atoms with Crippen molar-refractivity contribution in [1.29, 1.82) is 0 Å². The Bertz CT molecular complexity index is 400. The Balaban J connectivity index is 2.02. The molecule has 0 aliphatic heterocycles. The molecule has 2 aromatic heterocycles. The zero-order valence-electron chi connectivity index (χ0n) is 7.24. The predicted octanol–water partition coefficient (Wildman–Crippen LogP) is 1.57. The molecule has 2 rings (SSSR count). The van der Waals surface area contributed by atoms with Crippen molar-refractivity contribution in [2.24, 2.45) is 0 Å². The van der Waals surface area contributed by atoms with Gasteiger partial charge in [-0.15, -0.1) is 0 Å². The lowest BCUT2D eigenvalue weighted by Gasteiger charge is -2.04. The molecule has 6 heteroatoms. The molecule has 72 valence electrons. The third-order valence-electron chi connectivity index (χ3n) is 1.65. The molecule has 2 heterocycles. The normalized spacial score (nSPS) is 10.1. The number of pyridine rings is 1. The number of nitrogens with zero attached hydrogens (tertiary/aromatic N) is 3. The monoisotopic (exact) mass is 253 g/mol. The highest BCUT2D eigenvalue weighted by molar-refractivity contribution is 9.10. The smallest absolute Gasteiger partial charge is 0.143 e. The van der Waals surface area contributed by atoms with Crippen molar-refractivity contribution in [3.63, 3.8) is 0 Å². The van der Waals surface area contributed by atoms with Gasteiger partial charge in [-0.3, -0.25) is 5.10 Å². The summed E-state index contributed by atoms with van der Waals surface area (Å²) >= 11 is 3.39. The second-order valence-corrected chi connectivity index (χ2v) is 3.47. The van der Waals surface area contributed by atoms with E-state index in [1.54, 1.807) is 6.20 Å². The topological polar surface area (TPSA) is 66.5 Å². The molecule has 14 heavy (non-hydrogen) atoms. The van der Waals surface area contributed by atoms with E-state index in [-0.39, 0.29) is 0 Å². The van der Waals surface area contributed by atoms with Crippen LogP contribution in [0.25, 0.3) is 0 Å². The van der Waals surface area contributed by atoms with Gasteiger partial charge in [0, 0.05) is 6.20 Å². The van der Waals surface area contributed by atoms with Crippen LogP contribution in [0.15, 0.2) is 29.1 Å². The van der Waals surface area contributed by atoms with Crippen LogP contribution in [0.3, 0.4) is 0 Å². The quantitative estimate of drug-likeness (QED) is 0.872. The zero-order chi connectivity index (χ0) is 9.80. The lowest BCUT2D eigenvalue weighted by Crippen LogP contribution is -2.03. The van der Waals surface area contributed by atoms with Crippen molar-refractivity contribution >= 4 is 21.7 Å². The number of hydrogen-bond donors (Lipinski definition) is 2. The van der Waals surface area contributed by atoms with Gasteiger partial charge in [-0.25, -0.2) is 9.97 Å². The van der Waals surface area contributed by atoms with Crippen LogP contribution in [-0.4, -0.2) is 20.2 Å². The summed E-state index contributed by atoms with van der Waals surface area (Å²) in [5.74, 6) is 1.58. The van der Waals surface area contributed by atoms with Crippen molar-refractivity contribution in [3.05, 3.63) is 35.0 Å². The molecular formula is C8H8BrN5. The minimum atomic E-state index is 0.579. The molecule has 0 aliphatic carbocycles. The van der Waals surface area contributed by atoms with Gasteiger partial charge < -0.3 is 5.32 Å². The van der Waals surface area contributed by atoms with Gasteiger partial charge in [0.2, 0.25) is 0 Å². The third-order valence-corrected chi connectivity index (χ3v) is 2.29. The summed E-state index contributed by atoms with van der Waals surface area (Å²) in [4.78, 5) is 8.15. The Morgan fingerprint density at radius 2 is 2.36 bits per heavy atom. The summed E-state index contributed by atoms with van der Waals surface area (Å²) in [6.07, 6.45) is 3.21. The summed E-state index contributed by atoms with van der Waals surface area (Å²) in [5.41, 5.74) is 0. The number of halogens is 1. The SMILES string of the molecule is Brc1cccnc1NCc1ncn[nH]1. The van der Waals surface area contributed by atoms with Gasteiger partial charge in [0.1, 0.15) is 18.0 Å². The summed E-state index contributed by atoms with van der Waals surface area (Å²) in [7, 11) is 0. The minimum Gasteiger partial charge on any atom is -0.362 e. The van der Waals surface area contributed by atoms with Crippen LogP contribution in [0, 0.1) is 0 Å². The highest BCUT2D eigenvalue weighted by atomic mass is 79.9. The Kier molecular flexibility index (Phi) is 2.73. The number of hydrogen-bond acceptors (Lipinski definition) is 4. The number of aromatic nitrogens is 4. The number of nitrogens with one attached hydrogen (secondary N) is 2. The summed E-state index contributed by atoms with van der Waals surface area (Å²) < 4.78 is 0.930. The van der Waals surface area contributed by atoms with E-state index < -0.39 is 0 Å². The molecule has 2 aromatic rings. The maximum Gasteiger partial charge on any atom is 0.143 e. The third kappa shape index (κ3) is 2.08. The zero-order valence-corrected chi connectivity index (χ0v) is 8.82. The summed E-state index contributed by atoms with van der Waals surface area (Å²) in [5, 5.41) is 9.63. The fourth-order valence-electron chi connectivity index (χ4n) is 0.999. The van der Waals surface area contributed by atoms with E-state index in [1.807, 2.05) is 12.1 Å². The maximum absolute atomic E-state index is 4.16. The molecule has 5 nitrogen and oxygen atoms in total. The highest BCUT2D eigenvalue weighted by Gasteiger charge is 2.00. The van der Waals surface area contributed by atoms with Gasteiger partial charge in [0.15, 0.2) is 0 Å². The first kappa shape index (κ1) is 9.14. The van der Waals surface area contributed by atoms with Crippen LogP contribution in [0.5, 0.6) is 0 Å². The van der Waals surface area contributed by atoms with Gasteiger partial charge in [-0.2, -0.15) is 5.10 Å². The molecule has 0 bridgehead atoms. The molecule has 0 unspecified atom stereocenters. The Hall–Kier alpha value is -1.43. The predicted molar refractivity (Wildman–Crippen MR) is 55.6 cm³/mol. The van der Waals surface area contributed by atoms with Crippen LogP contribution in [-0.2, 0) is 6.54 Å². The van der Waals surface area contributed by atoms with Gasteiger partial charge in [0.25, 0.3) is 0 Å². The van der Waals surface area contributed by atoms with Crippen LogP contribution in [0.4, 0.5) is 5.82 Å². The van der Waals surface area contributed by atoms with Crippen molar-refractivity contribution in [3.8, 4) is 0 Å². The highest BCUT2D eigenvalue weighted by Crippen LogP contribution is 2.18. The maximum atomic E-state index is 4.16. The standard InChI is InChI=1S/C8H8BrN5/c9-6-2-1-3-10-8(6)11-4-7-12-5-13-14-7/h1-3,5H,4H2,(H,10,11)(H,12,13,14). The number of H-pyrrole nitrogens is 1. The number of anilines is 1. The van der Waals surface area contributed by atoms with Crippen molar-refractivity contribution in [1.82, 2.24) is 20.2 Å². The molecule has 0 saturated heterocycles. The van der Waals surface area contributed by atoms with Crippen LogP contribution >= 0.6 is 15.9 Å². The second kappa shape index (κ2) is 4.19. The fourth-order valence-corrected chi connectivity index (χ4v) is 1.39. The molecule has 0 saturated carbocycles.